The molecular formula is C20H20ClN. The first kappa shape index (κ1) is 15.1. The average molecular weight is 310 g/mol. The summed E-state index contributed by atoms with van der Waals surface area (Å²) < 4.78 is 0. The summed E-state index contributed by atoms with van der Waals surface area (Å²) in [5.41, 5.74) is 9.31. The first-order valence-corrected chi connectivity index (χ1v) is 7.57. The summed E-state index contributed by atoms with van der Waals surface area (Å²) in [6.45, 7) is 0. The lowest BCUT2D eigenvalue weighted by Gasteiger charge is -2.14. The maximum atomic E-state index is 6.65. The number of rotatable bonds is 3. The van der Waals surface area contributed by atoms with E-state index in [0.29, 0.717) is 5.92 Å². The van der Waals surface area contributed by atoms with E-state index in [1.165, 1.54) is 21.9 Å². The molecule has 0 aromatic heterocycles. The van der Waals surface area contributed by atoms with Gasteiger partial charge in [-0.3, -0.25) is 0 Å². The van der Waals surface area contributed by atoms with Crippen molar-refractivity contribution in [1.29, 1.82) is 0 Å². The van der Waals surface area contributed by atoms with Gasteiger partial charge in [0.15, 0.2) is 0 Å². The molecule has 0 heterocycles. The molecule has 1 aliphatic carbocycles. The summed E-state index contributed by atoms with van der Waals surface area (Å²) in [5.74, 6) is 0.498. The van der Waals surface area contributed by atoms with Crippen molar-refractivity contribution in [3.05, 3.63) is 83.9 Å². The second-order valence-electron chi connectivity index (χ2n) is 6.22. The molecule has 2 heteroatoms. The predicted molar refractivity (Wildman–Crippen MR) is 95.6 cm³/mol. The van der Waals surface area contributed by atoms with E-state index in [9.17, 15) is 0 Å². The third-order valence-corrected chi connectivity index (χ3v) is 4.72. The van der Waals surface area contributed by atoms with Gasteiger partial charge in [-0.05, 0) is 34.7 Å². The highest BCUT2D eigenvalue weighted by atomic mass is 35.5. The second-order valence-corrected chi connectivity index (χ2v) is 6.22. The molecule has 0 saturated heterocycles. The molecule has 0 aliphatic heterocycles. The lowest BCUT2D eigenvalue weighted by Crippen LogP contribution is -2.27. The van der Waals surface area contributed by atoms with Crippen molar-refractivity contribution in [3.8, 4) is 0 Å². The molecule has 0 amide bonds. The van der Waals surface area contributed by atoms with Crippen LogP contribution in [0.25, 0.3) is 10.8 Å². The first-order valence-electron chi connectivity index (χ1n) is 7.57. The van der Waals surface area contributed by atoms with Gasteiger partial charge < -0.3 is 5.73 Å². The zero-order valence-corrected chi connectivity index (χ0v) is 13.2. The zero-order valence-electron chi connectivity index (χ0n) is 12.4. The van der Waals surface area contributed by atoms with Crippen LogP contribution in [0.3, 0.4) is 0 Å². The lowest BCUT2D eigenvalue weighted by atomic mass is 9.95. The van der Waals surface area contributed by atoms with E-state index in [0.717, 1.165) is 12.8 Å². The van der Waals surface area contributed by atoms with Gasteiger partial charge in [-0.25, -0.2) is 0 Å². The minimum absolute atomic E-state index is 0. The molecule has 0 bridgehead atoms. The lowest BCUT2D eigenvalue weighted by molar-refractivity contribution is 0.649. The number of hydrogen-bond acceptors (Lipinski definition) is 1. The van der Waals surface area contributed by atoms with Gasteiger partial charge in [-0.15, -0.1) is 12.4 Å². The normalized spacial score (nSPS) is 23.0. The Morgan fingerprint density at radius 2 is 1.55 bits per heavy atom. The first-order chi connectivity index (χ1) is 10.3. The Labute approximate surface area is 137 Å². The SMILES string of the molecule is Cl.NC1(Cc2cccc3ccccc23)CC1c1ccccc1. The topological polar surface area (TPSA) is 26.0 Å². The molecule has 2 atom stereocenters. The van der Waals surface area contributed by atoms with Crippen LogP contribution in [-0.2, 0) is 6.42 Å². The summed E-state index contributed by atoms with van der Waals surface area (Å²) in [4.78, 5) is 0. The Morgan fingerprint density at radius 1 is 0.864 bits per heavy atom. The molecule has 22 heavy (non-hydrogen) atoms. The van der Waals surface area contributed by atoms with Crippen LogP contribution >= 0.6 is 12.4 Å². The van der Waals surface area contributed by atoms with E-state index in [1.54, 1.807) is 0 Å². The van der Waals surface area contributed by atoms with E-state index in [4.69, 9.17) is 5.73 Å². The van der Waals surface area contributed by atoms with Gasteiger partial charge in [0.25, 0.3) is 0 Å². The fourth-order valence-corrected chi connectivity index (χ4v) is 3.45. The monoisotopic (exact) mass is 309 g/mol. The van der Waals surface area contributed by atoms with E-state index >= 15 is 0 Å². The third-order valence-electron chi connectivity index (χ3n) is 4.72. The van der Waals surface area contributed by atoms with Crippen LogP contribution in [0.15, 0.2) is 72.8 Å². The maximum absolute atomic E-state index is 6.65. The van der Waals surface area contributed by atoms with Crippen molar-refractivity contribution in [3.63, 3.8) is 0 Å². The molecule has 1 aliphatic rings. The zero-order chi connectivity index (χ0) is 14.3. The predicted octanol–water partition coefficient (Wildman–Crippen LogP) is 4.69. The third kappa shape index (κ3) is 2.63. The van der Waals surface area contributed by atoms with Crippen molar-refractivity contribution >= 4 is 23.2 Å². The summed E-state index contributed by atoms with van der Waals surface area (Å²) in [6.07, 6.45) is 2.04. The summed E-state index contributed by atoms with van der Waals surface area (Å²) >= 11 is 0. The molecule has 4 rings (SSSR count). The van der Waals surface area contributed by atoms with Crippen LogP contribution < -0.4 is 5.73 Å². The Kier molecular flexibility index (Phi) is 3.94. The van der Waals surface area contributed by atoms with Crippen LogP contribution in [0.4, 0.5) is 0 Å². The van der Waals surface area contributed by atoms with Crippen LogP contribution in [0.1, 0.15) is 23.5 Å². The molecule has 1 nitrogen and oxygen atoms in total. The number of benzene rings is 3. The number of nitrogens with two attached hydrogens (primary N) is 1. The Balaban J connectivity index is 0.00000144. The molecular weight excluding hydrogens is 290 g/mol. The highest BCUT2D eigenvalue weighted by molar-refractivity contribution is 5.86. The summed E-state index contributed by atoms with van der Waals surface area (Å²) in [5, 5.41) is 2.64. The summed E-state index contributed by atoms with van der Waals surface area (Å²) in [7, 11) is 0. The van der Waals surface area contributed by atoms with E-state index in [-0.39, 0.29) is 17.9 Å². The molecule has 1 saturated carbocycles. The van der Waals surface area contributed by atoms with Crippen molar-refractivity contribution in [2.45, 2.75) is 24.3 Å². The smallest absolute Gasteiger partial charge is 0.0272 e. The van der Waals surface area contributed by atoms with Crippen LogP contribution in [-0.4, -0.2) is 5.54 Å². The second kappa shape index (κ2) is 5.75. The Morgan fingerprint density at radius 3 is 2.36 bits per heavy atom. The van der Waals surface area contributed by atoms with Crippen LogP contribution in [0.5, 0.6) is 0 Å². The average Bonchev–Trinajstić information content (AvgIpc) is 3.20. The fraction of sp³-hybridized carbons (Fsp3) is 0.200. The highest BCUT2D eigenvalue weighted by Crippen LogP contribution is 2.51. The Hall–Kier alpha value is -1.83. The van der Waals surface area contributed by atoms with E-state index in [2.05, 4.69) is 72.8 Å². The van der Waals surface area contributed by atoms with Gasteiger partial charge in [0.05, 0.1) is 0 Å². The van der Waals surface area contributed by atoms with Crippen molar-refractivity contribution in [1.82, 2.24) is 0 Å². The van der Waals surface area contributed by atoms with Crippen molar-refractivity contribution < 1.29 is 0 Å². The molecule has 3 aromatic rings. The van der Waals surface area contributed by atoms with Crippen molar-refractivity contribution in [2.75, 3.05) is 0 Å². The molecule has 3 aromatic carbocycles. The standard InChI is InChI=1S/C20H19N.ClH/c21-20(14-19(20)16-8-2-1-3-9-16)13-17-11-6-10-15-7-4-5-12-18(15)17;/h1-12,19H,13-14,21H2;1H. The minimum Gasteiger partial charge on any atom is -0.324 e. The molecule has 0 spiro atoms. The quantitative estimate of drug-likeness (QED) is 0.746. The largest absolute Gasteiger partial charge is 0.324 e. The van der Waals surface area contributed by atoms with Gasteiger partial charge in [0.1, 0.15) is 0 Å². The highest BCUT2D eigenvalue weighted by Gasteiger charge is 2.51. The van der Waals surface area contributed by atoms with Gasteiger partial charge in [0, 0.05) is 11.5 Å². The molecule has 0 radical (unpaired) electrons. The molecule has 2 unspecified atom stereocenters. The Bertz CT molecular complexity index is 779. The van der Waals surface area contributed by atoms with Crippen LogP contribution in [0, 0.1) is 0 Å². The molecule has 2 N–H and O–H groups in total. The number of halogens is 1. The van der Waals surface area contributed by atoms with Crippen LogP contribution in [0.2, 0.25) is 0 Å². The molecule has 112 valence electrons. The molecule has 1 fully saturated rings. The van der Waals surface area contributed by atoms with Gasteiger partial charge >= 0.3 is 0 Å². The number of hydrogen-bond donors (Lipinski definition) is 1. The minimum atomic E-state index is -0.0779. The van der Waals surface area contributed by atoms with E-state index < -0.39 is 0 Å². The van der Waals surface area contributed by atoms with Gasteiger partial charge in [0.2, 0.25) is 0 Å². The fourth-order valence-electron chi connectivity index (χ4n) is 3.45. The van der Waals surface area contributed by atoms with Crippen molar-refractivity contribution in [2.24, 2.45) is 5.73 Å². The number of fused-ring (bicyclic) bond motifs is 1. The summed E-state index contributed by atoms with van der Waals surface area (Å²) in [6, 6.07) is 25.8. The van der Waals surface area contributed by atoms with Gasteiger partial charge in [-0.1, -0.05) is 72.8 Å². The van der Waals surface area contributed by atoms with Gasteiger partial charge in [-0.2, -0.15) is 0 Å². The maximum Gasteiger partial charge on any atom is 0.0272 e. The van der Waals surface area contributed by atoms with E-state index in [1.807, 2.05) is 0 Å².